The Morgan fingerprint density at radius 3 is 2.61 bits per heavy atom. The predicted molar refractivity (Wildman–Crippen MR) is 82.2 cm³/mol. The lowest BCUT2D eigenvalue weighted by Crippen LogP contribution is -1.88. The molecule has 18 heavy (non-hydrogen) atoms. The third-order valence-electron chi connectivity index (χ3n) is 2.69. The zero-order valence-corrected chi connectivity index (χ0v) is 11.8. The van der Waals surface area contributed by atoms with Crippen molar-refractivity contribution in [3.63, 3.8) is 0 Å². The first kappa shape index (κ1) is 13.4. The molecule has 0 spiro atoms. The number of hydrogen-bond acceptors (Lipinski definition) is 3. The Bertz CT molecular complexity index is 514. The largest absolute Gasteiger partial charge is 0.391 e. The minimum absolute atomic E-state index is 0.000357. The van der Waals surface area contributed by atoms with Crippen molar-refractivity contribution < 1.29 is 5.11 Å². The van der Waals surface area contributed by atoms with Gasteiger partial charge in [0.25, 0.3) is 0 Å². The van der Waals surface area contributed by atoms with Crippen molar-refractivity contribution in [3.05, 3.63) is 62.7 Å². The Hall–Kier alpha value is -1.03. The number of thiophene rings is 1. The molecule has 3 heteroatoms. The maximum Gasteiger partial charge on any atom is 0.0738 e. The van der Waals surface area contributed by atoms with Gasteiger partial charge in [0.05, 0.1) is 6.61 Å². The molecule has 0 aliphatic heterocycles. The number of aliphatic hydroxyl groups excluding tert-OH is 1. The van der Waals surface area contributed by atoms with Gasteiger partial charge in [0, 0.05) is 9.78 Å². The van der Waals surface area contributed by atoms with Crippen LogP contribution in [0.5, 0.6) is 0 Å². The fourth-order valence-corrected chi connectivity index (χ4v) is 2.87. The van der Waals surface area contributed by atoms with Gasteiger partial charge in [0.2, 0.25) is 0 Å². The van der Waals surface area contributed by atoms with Crippen LogP contribution in [0.3, 0.4) is 0 Å². The molecule has 1 nitrogen and oxygen atoms in total. The second-order valence-electron chi connectivity index (χ2n) is 4.14. The maximum absolute atomic E-state index is 8.91. The molecular formula is C15H16OS2. The van der Waals surface area contributed by atoms with Crippen LogP contribution in [0.4, 0.5) is 0 Å². The number of benzene rings is 1. The van der Waals surface area contributed by atoms with Crippen LogP contribution >= 0.6 is 24.0 Å². The van der Waals surface area contributed by atoms with Gasteiger partial charge in [0.15, 0.2) is 0 Å². The molecule has 0 saturated heterocycles. The zero-order valence-electron chi connectivity index (χ0n) is 10.0. The van der Waals surface area contributed by atoms with Gasteiger partial charge in [-0.15, -0.1) is 24.0 Å². The molecule has 0 atom stereocenters. The van der Waals surface area contributed by atoms with Gasteiger partial charge in [-0.25, -0.2) is 0 Å². The standard InChI is InChI=1S/C15H16OS2/c16-10-14(17)9-15-8-13(11-18-15)7-6-12-4-2-1-3-5-12/h1-5,8-9,11,16-17H,6-7,10H2/b14-9-. The van der Waals surface area contributed by atoms with E-state index < -0.39 is 0 Å². The highest BCUT2D eigenvalue weighted by Crippen LogP contribution is 2.20. The summed E-state index contributed by atoms with van der Waals surface area (Å²) in [5.74, 6) is 0. The molecule has 2 aromatic rings. The lowest BCUT2D eigenvalue weighted by Gasteiger charge is -1.98. The maximum atomic E-state index is 8.91. The van der Waals surface area contributed by atoms with Gasteiger partial charge in [-0.2, -0.15) is 0 Å². The van der Waals surface area contributed by atoms with Gasteiger partial charge in [-0.3, -0.25) is 0 Å². The zero-order chi connectivity index (χ0) is 12.8. The quantitative estimate of drug-likeness (QED) is 0.796. The number of hydrogen-bond donors (Lipinski definition) is 2. The highest BCUT2D eigenvalue weighted by molar-refractivity contribution is 7.84. The summed E-state index contributed by atoms with van der Waals surface area (Å²) in [5, 5.41) is 11.1. The minimum atomic E-state index is 0.000357. The van der Waals surface area contributed by atoms with Crippen LogP contribution in [0.2, 0.25) is 0 Å². The molecule has 1 N–H and O–H groups in total. The molecule has 0 radical (unpaired) electrons. The van der Waals surface area contributed by atoms with E-state index in [4.69, 9.17) is 5.11 Å². The summed E-state index contributed by atoms with van der Waals surface area (Å²) in [6.07, 6.45) is 4.03. The van der Waals surface area contributed by atoms with Crippen LogP contribution in [-0.2, 0) is 12.8 Å². The van der Waals surface area contributed by atoms with Gasteiger partial charge < -0.3 is 5.11 Å². The summed E-state index contributed by atoms with van der Waals surface area (Å²) in [4.78, 5) is 1.85. The summed E-state index contributed by atoms with van der Waals surface area (Å²) in [6, 6.07) is 12.7. The molecule has 2 rings (SSSR count). The first-order chi connectivity index (χ1) is 8.78. The van der Waals surface area contributed by atoms with E-state index >= 15 is 0 Å². The van der Waals surface area contributed by atoms with Gasteiger partial charge in [-0.05, 0) is 41.5 Å². The van der Waals surface area contributed by atoms with Crippen molar-refractivity contribution >= 4 is 30.0 Å². The van der Waals surface area contributed by atoms with Gasteiger partial charge in [-0.1, -0.05) is 30.3 Å². The average Bonchev–Trinajstić information content (AvgIpc) is 2.85. The van der Waals surface area contributed by atoms with Gasteiger partial charge in [0.1, 0.15) is 0 Å². The Morgan fingerprint density at radius 2 is 1.89 bits per heavy atom. The van der Waals surface area contributed by atoms with Gasteiger partial charge >= 0.3 is 0 Å². The lowest BCUT2D eigenvalue weighted by atomic mass is 10.1. The molecule has 0 unspecified atom stereocenters. The van der Waals surface area contributed by atoms with E-state index in [9.17, 15) is 0 Å². The first-order valence-corrected chi connectivity index (χ1v) is 7.22. The monoisotopic (exact) mass is 276 g/mol. The van der Waals surface area contributed by atoms with Crippen LogP contribution in [0.1, 0.15) is 16.0 Å². The molecule has 0 amide bonds. The van der Waals surface area contributed by atoms with Crippen molar-refractivity contribution in [2.75, 3.05) is 6.61 Å². The third kappa shape index (κ3) is 4.02. The predicted octanol–water partition coefficient (Wildman–Crippen LogP) is 3.80. The van der Waals surface area contributed by atoms with E-state index in [1.165, 1.54) is 11.1 Å². The topological polar surface area (TPSA) is 20.2 Å². The second-order valence-corrected chi connectivity index (χ2v) is 5.65. The van der Waals surface area contributed by atoms with E-state index in [2.05, 4.69) is 48.3 Å². The smallest absolute Gasteiger partial charge is 0.0738 e. The molecular weight excluding hydrogens is 260 g/mol. The van der Waals surface area contributed by atoms with Crippen LogP contribution in [0.15, 0.2) is 46.7 Å². The Labute approximate surface area is 117 Å². The number of aliphatic hydroxyl groups is 1. The van der Waals surface area contributed by atoms with Crippen LogP contribution in [-0.4, -0.2) is 11.7 Å². The van der Waals surface area contributed by atoms with E-state index in [-0.39, 0.29) is 6.61 Å². The molecule has 0 fully saturated rings. The molecule has 0 aliphatic carbocycles. The molecule has 0 saturated carbocycles. The Kier molecular flexibility index (Phi) is 5.05. The molecule has 1 aromatic heterocycles. The van der Waals surface area contributed by atoms with Crippen molar-refractivity contribution in [3.8, 4) is 0 Å². The summed E-state index contributed by atoms with van der Waals surface area (Å²) < 4.78 is 0. The molecule has 1 heterocycles. The molecule has 0 aliphatic rings. The fourth-order valence-electron chi connectivity index (χ4n) is 1.74. The van der Waals surface area contributed by atoms with Crippen molar-refractivity contribution in [2.45, 2.75) is 12.8 Å². The fraction of sp³-hybridized carbons (Fsp3) is 0.200. The van der Waals surface area contributed by atoms with E-state index in [1.54, 1.807) is 11.3 Å². The Balaban J connectivity index is 1.95. The summed E-state index contributed by atoms with van der Waals surface area (Å²) >= 11 is 5.87. The van der Waals surface area contributed by atoms with Crippen molar-refractivity contribution in [1.29, 1.82) is 0 Å². The molecule has 1 aromatic carbocycles. The highest BCUT2D eigenvalue weighted by atomic mass is 32.1. The van der Waals surface area contributed by atoms with Crippen LogP contribution in [0, 0.1) is 0 Å². The normalized spacial score (nSPS) is 11.8. The number of rotatable bonds is 5. The second kappa shape index (κ2) is 6.78. The Morgan fingerprint density at radius 1 is 1.17 bits per heavy atom. The first-order valence-electron chi connectivity index (χ1n) is 5.89. The van der Waals surface area contributed by atoms with Crippen LogP contribution < -0.4 is 0 Å². The van der Waals surface area contributed by atoms with Crippen LogP contribution in [0.25, 0.3) is 6.08 Å². The lowest BCUT2D eigenvalue weighted by molar-refractivity contribution is 0.340. The summed E-state index contributed by atoms with van der Waals surface area (Å²) in [6.45, 7) is 0.000357. The third-order valence-corrected chi connectivity index (χ3v) is 3.89. The van der Waals surface area contributed by atoms with E-state index in [0.717, 1.165) is 17.7 Å². The number of aryl methyl sites for hydroxylation is 2. The molecule has 94 valence electrons. The number of thiol groups is 1. The summed E-state index contributed by atoms with van der Waals surface area (Å²) in [7, 11) is 0. The SMILES string of the molecule is OC/C(S)=C/c1cc(CCc2ccccc2)cs1. The average molecular weight is 276 g/mol. The van der Waals surface area contributed by atoms with Crippen molar-refractivity contribution in [2.24, 2.45) is 0 Å². The molecule has 0 bridgehead atoms. The summed E-state index contributed by atoms with van der Waals surface area (Å²) in [5.41, 5.74) is 2.71. The van der Waals surface area contributed by atoms with Crippen molar-refractivity contribution in [1.82, 2.24) is 0 Å². The highest BCUT2D eigenvalue weighted by Gasteiger charge is 2.00. The van der Waals surface area contributed by atoms with E-state index in [1.807, 2.05) is 12.1 Å². The minimum Gasteiger partial charge on any atom is -0.391 e. The van der Waals surface area contributed by atoms with E-state index in [0.29, 0.717) is 4.91 Å².